The van der Waals surface area contributed by atoms with E-state index in [2.05, 4.69) is 34.1 Å². The van der Waals surface area contributed by atoms with E-state index in [9.17, 15) is 14.4 Å². The van der Waals surface area contributed by atoms with Crippen molar-refractivity contribution in [1.29, 1.82) is 0 Å². The molecule has 4 rings (SSSR count). The summed E-state index contributed by atoms with van der Waals surface area (Å²) < 4.78 is 1.41. The number of carbonyl (C=O) groups is 1. The number of amides is 1. The van der Waals surface area contributed by atoms with E-state index in [0.717, 1.165) is 18.7 Å². The molecule has 1 amide bonds. The monoisotopic (exact) mass is 420 g/mol. The lowest BCUT2D eigenvalue weighted by molar-refractivity contribution is 0.0785. The highest BCUT2D eigenvalue weighted by atomic mass is 16.2. The van der Waals surface area contributed by atoms with Gasteiger partial charge in [0.15, 0.2) is 0 Å². The van der Waals surface area contributed by atoms with Crippen molar-refractivity contribution in [3.63, 3.8) is 0 Å². The van der Waals surface area contributed by atoms with Gasteiger partial charge in [0, 0.05) is 44.5 Å². The molecule has 1 N–H and O–H groups in total. The summed E-state index contributed by atoms with van der Waals surface area (Å²) in [7, 11) is 1.76. The van der Waals surface area contributed by atoms with Gasteiger partial charge in [-0.15, -0.1) is 0 Å². The second-order valence-corrected chi connectivity index (χ2v) is 8.11. The largest absolute Gasteiger partial charge is 0.372 e. The first kappa shape index (κ1) is 20.9. The van der Waals surface area contributed by atoms with Crippen molar-refractivity contribution in [3.8, 4) is 0 Å². The minimum absolute atomic E-state index is 0.142. The van der Waals surface area contributed by atoms with Crippen LogP contribution in [0, 0.1) is 0 Å². The standard InChI is InChI=1S/C24H28N4O3/c1-3-28-21-12-9-18(15-20(21)25-22(29)24(28)31)23(30)26(2)16-17-7-10-19(11-8-17)27-13-5-4-6-14-27/h7-12,15H,3-6,13-14,16H2,1-2H3,(H,25,29). The van der Waals surface area contributed by atoms with Gasteiger partial charge in [-0.2, -0.15) is 0 Å². The van der Waals surface area contributed by atoms with E-state index in [-0.39, 0.29) is 5.91 Å². The molecule has 0 bridgehead atoms. The van der Waals surface area contributed by atoms with Crippen LogP contribution in [0.5, 0.6) is 0 Å². The fraction of sp³-hybridized carbons (Fsp3) is 0.375. The highest BCUT2D eigenvalue weighted by Gasteiger charge is 2.15. The molecule has 1 fully saturated rings. The number of aromatic nitrogens is 2. The average Bonchev–Trinajstić information content (AvgIpc) is 2.80. The normalized spacial score (nSPS) is 14.1. The summed E-state index contributed by atoms with van der Waals surface area (Å²) >= 11 is 0. The van der Waals surface area contributed by atoms with Crippen molar-refractivity contribution in [2.45, 2.75) is 39.3 Å². The topological polar surface area (TPSA) is 78.4 Å². The highest BCUT2D eigenvalue weighted by Crippen LogP contribution is 2.21. The third kappa shape index (κ3) is 4.26. The predicted octanol–water partition coefficient (Wildman–Crippen LogP) is 2.97. The molecule has 31 heavy (non-hydrogen) atoms. The highest BCUT2D eigenvalue weighted by molar-refractivity contribution is 5.97. The molecule has 1 aromatic heterocycles. The number of nitrogens with one attached hydrogen (secondary N) is 1. The fourth-order valence-electron chi connectivity index (χ4n) is 4.26. The first-order valence-corrected chi connectivity index (χ1v) is 10.8. The summed E-state index contributed by atoms with van der Waals surface area (Å²) in [6.07, 6.45) is 3.79. The predicted molar refractivity (Wildman–Crippen MR) is 123 cm³/mol. The summed E-state index contributed by atoms with van der Waals surface area (Å²) in [5.41, 5.74) is 2.59. The zero-order chi connectivity index (χ0) is 22.0. The van der Waals surface area contributed by atoms with Gasteiger partial charge < -0.3 is 19.4 Å². The van der Waals surface area contributed by atoms with Crippen LogP contribution in [0.1, 0.15) is 42.1 Å². The lowest BCUT2D eigenvalue weighted by atomic mass is 10.1. The van der Waals surface area contributed by atoms with Crippen LogP contribution in [0.3, 0.4) is 0 Å². The van der Waals surface area contributed by atoms with E-state index in [1.54, 1.807) is 30.1 Å². The number of hydrogen-bond acceptors (Lipinski definition) is 4. The number of piperidine rings is 1. The van der Waals surface area contributed by atoms with E-state index in [1.807, 2.05) is 6.92 Å². The van der Waals surface area contributed by atoms with Crippen LogP contribution in [0.2, 0.25) is 0 Å². The molecule has 162 valence electrons. The maximum absolute atomic E-state index is 13.0. The van der Waals surface area contributed by atoms with Crippen molar-refractivity contribution < 1.29 is 4.79 Å². The van der Waals surface area contributed by atoms with Crippen LogP contribution in [0.4, 0.5) is 5.69 Å². The average molecular weight is 421 g/mol. The number of hydrogen-bond donors (Lipinski definition) is 1. The van der Waals surface area contributed by atoms with E-state index < -0.39 is 11.1 Å². The molecular weight excluding hydrogens is 392 g/mol. The molecule has 2 aromatic carbocycles. The first-order valence-electron chi connectivity index (χ1n) is 10.8. The molecule has 7 nitrogen and oxygen atoms in total. The summed E-state index contributed by atoms with van der Waals surface area (Å²) in [6.45, 7) is 4.90. The molecule has 2 heterocycles. The van der Waals surface area contributed by atoms with Crippen LogP contribution in [0.25, 0.3) is 11.0 Å². The summed E-state index contributed by atoms with van der Waals surface area (Å²) in [5, 5.41) is 0. The molecule has 0 radical (unpaired) electrons. The molecule has 0 atom stereocenters. The van der Waals surface area contributed by atoms with Crippen molar-refractivity contribution >= 4 is 22.6 Å². The van der Waals surface area contributed by atoms with Crippen LogP contribution >= 0.6 is 0 Å². The van der Waals surface area contributed by atoms with E-state index in [4.69, 9.17) is 0 Å². The molecule has 0 saturated carbocycles. The van der Waals surface area contributed by atoms with Gasteiger partial charge in [0.1, 0.15) is 0 Å². The molecule has 0 aliphatic carbocycles. The SMILES string of the molecule is CCn1c(=O)c(=O)[nH]c2cc(C(=O)N(C)Cc3ccc(N4CCCCC4)cc3)ccc21. The van der Waals surface area contributed by atoms with Gasteiger partial charge in [-0.25, -0.2) is 0 Å². The summed E-state index contributed by atoms with van der Waals surface area (Å²) in [5.74, 6) is -0.142. The van der Waals surface area contributed by atoms with E-state index in [0.29, 0.717) is 29.7 Å². The lowest BCUT2D eigenvalue weighted by Crippen LogP contribution is -2.36. The van der Waals surface area contributed by atoms with Gasteiger partial charge in [0.25, 0.3) is 5.91 Å². The number of benzene rings is 2. The Balaban J connectivity index is 1.51. The number of H-pyrrole nitrogens is 1. The number of nitrogens with zero attached hydrogens (tertiary/aromatic N) is 3. The minimum Gasteiger partial charge on any atom is -0.372 e. The Labute approximate surface area is 180 Å². The Morgan fingerprint density at radius 1 is 1.03 bits per heavy atom. The maximum atomic E-state index is 13.0. The Bertz CT molecular complexity index is 1200. The van der Waals surface area contributed by atoms with E-state index in [1.165, 1.54) is 29.5 Å². The lowest BCUT2D eigenvalue weighted by Gasteiger charge is -2.29. The summed E-state index contributed by atoms with van der Waals surface area (Å²) in [4.78, 5) is 43.6. The third-order valence-electron chi connectivity index (χ3n) is 5.96. The Hall–Kier alpha value is -3.35. The van der Waals surface area contributed by atoms with Crippen LogP contribution in [-0.4, -0.2) is 40.5 Å². The number of aryl methyl sites for hydroxylation is 1. The molecule has 0 unspecified atom stereocenters. The second kappa shape index (κ2) is 8.79. The molecule has 3 aromatic rings. The van der Waals surface area contributed by atoms with Gasteiger partial charge >= 0.3 is 11.1 Å². The van der Waals surface area contributed by atoms with Crippen molar-refractivity contribution in [2.24, 2.45) is 0 Å². The number of fused-ring (bicyclic) bond motifs is 1. The first-order chi connectivity index (χ1) is 15.0. The van der Waals surface area contributed by atoms with Gasteiger partial charge in [0.2, 0.25) is 0 Å². The number of anilines is 1. The Morgan fingerprint density at radius 3 is 2.42 bits per heavy atom. The fourth-order valence-corrected chi connectivity index (χ4v) is 4.26. The van der Waals surface area contributed by atoms with Gasteiger partial charge in [-0.3, -0.25) is 14.4 Å². The van der Waals surface area contributed by atoms with E-state index >= 15 is 0 Å². The maximum Gasteiger partial charge on any atom is 0.316 e. The quantitative estimate of drug-likeness (QED) is 0.644. The van der Waals surface area contributed by atoms with Crippen LogP contribution in [-0.2, 0) is 13.1 Å². The smallest absolute Gasteiger partial charge is 0.316 e. The van der Waals surface area contributed by atoms with Crippen molar-refractivity contribution in [1.82, 2.24) is 14.5 Å². The molecule has 1 aliphatic heterocycles. The number of rotatable bonds is 5. The second-order valence-electron chi connectivity index (χ2n) is 8.11. The van der Waals surface area contributed by atoms with Crippen LogP contribution in [0.15, 0.2) is 52.1 Å². The Kier molecular flexibility index (Phi) is 5.93. The molecular formula is C24H28N4O3. The third-order valence-corrected chi connectivity index (χ3v) is 5.96. The summed E-state index contributed by atoms with van der Waals surface area (Å²) in [6, 6.07) is 13.5. The molecule has 1 aliphatic rings. The number of carbonyl (C=O) groups excluding carboxylic acids is 1. The minimum atomic E-state index is -0.680. The van der Waals surface area contributed by atoms with Crippen molar-refractivity contribution in [2.75, 3.05) is 25.0 Å². The zero-order valence-corrected chi connectivity index (χ0v) is 18.1. The van der Waals surface area contributed by atoms with Crippen molar-refractivity contribution in [3.05, 3.63) is 74.3 Å². The Morgan fingerprint density at radius 2 is 1.74 bits per heavy atom. The molecule has 0 spiro atoms. The van der Waals surface area contributed by atoms with Gasteiger partial charge in [0.05, 0.1) is 11.0 Å². The zero-order valence-electron chi connectivity index (χ0n) is 18.1. The van der Waals surface area contributed by atoms with Crippen LogP contribution < -0.4 is 16.0 Å². The number of aromatic amines is 1. The van der Waals surface area contributed by atoms with Gasteiger partial charge in [-0.1, -0.05) is 12.1 Å². The van der Waals surface area contributed by atoms with Gasteiger partial charge in [-0.05, 0) is 62.1 Å². The molecule has 1 saturated heterocycles. The molecule has 7 heteroatoms.